The van der Waals surface area contributed by atoms with Gasteiger partial charge in [0.05, 0.1) is 17.8 Å². The van der Waals surface area contributed by atoms with Crippen molar-refractivity contribution in [3.63, 3.8) is 0 Å². The second kappa shape index (κ2) is 5.02. The highest BCUT2D eigenvalue weighted by molar-refractivity contribution is 5.84. The maximum atomic E-state index is 11.5. The minimum absolute atomic E-state index is 0.141. The van der Waals surface area contributed by atoms with Crippen LogP contribution in [0, 0.1) is 5.92 Å². The van der Waals surface area contributed by atoms with E-state index in [0.717, 1.165) is 0 Å². The molecule has 1 aromatic heterocycles. The van der Waals surface area contributed by atoms with Gasteiger partial charge < -0.3 is 0 Å². The highest BCUT2D eigenvalue weighted by Crippen LogP contribution is 2.07. The van der Waals surface area contributed by atoms with Crippen molar-refractivity contribution in [2.24, 2.45) is 11.0 Å². The number of rotatable bonds is 3. The lowest BCUT2D eigenvalue weighted by Crippen LogP contribution is -2.23. The molecule has 1 N–H and O–H groups in total. The first-order valence-corrected chi connectivity index (χ1v) is 4.95. The van der Waals surface area contributed by atoms with Crippen molar-refractivity contribution in [3.8, 4) is 0 Å². The van der Waals surface area contributed by atoms with Crippen LogP contribution < -0.4 is 5.43 Å². The van der Waals surface area contributed by atoms with E-state index in [-0.39, 0.29) is 11.8 Å². The Morgan fingerprint density at radius 1 is 1.38 bits per heavy atom. The number of aromatic nitrogens is 1. The smallest absolute Gasteiger partial charge is 0.250 e. The second-order valence-electron chi connectivity index (χ2n) is 3.28. The fraction of sp³-hybridized carbons (Fsp3) is 0.0833. The zero-order valence-electron chi connectivity index (χ0n) is 8.58. The maximum Gasteiger partial charge on any atom is 0.250 e. The molecule has 1 amide bonds. The molecule has 0 bridgehead atoms. The van der Waals surface area contributed by atoms with Crippen LogP contribution in [-0.4, -0.2) is 17.1 Å². The van der Waals surface area contributed by atoms with E-state index in [2.05, 4.69) is 15.5 Å². The Morgan fingerprint density at radius 3 is 2.88 bits per heavy atom. The summed E-state index contributed by atoms with van der Waals surface area (Å²) in [6, 6.07) is 5.49. The summed E-state index contributed by atoms with van der Waals surface area (Å²) in [5.41, 5.74) is 3.17. The average Bonchev–Trinajstić information content (AvgIpc) is 2.84. The third-order valence-electron chi connectivity index (χ3n) is 2.11. The van der Waals surface area contributed by atoms with Crippen molar-refractivity contribution in [2.45, 2.75) is 0 Å². The summed E-state index contributed by atoms with van der Waals surface area (Å²) in [4.78, 5) is 15.5. The topological polar surface area (TPSA) is 54.4 Å². The Morgan fingerprint density at radius 2 is 2.19 bits per heavy atom. The zero-order chi connectivity index (χ0) is 11.2. The van der Waals surface area contributed by atoms with Crippen LogP contribution in [0.3, 0.4) is 0 Å². The van der Waals surface area contributed by atoms with Gasteiger partial charge in [-0.1, -0.05) is 30.4 Å². The molecule has 1 aliphatic carbocycles. The zero-order valence-corrected chi connectivity index (χ0v) is 8.58. The van der Waals surface area contributed by atoms with Gasteiger partial charge in [-0.15, -0.1) is 0 Å². The van der Waals surface area contributed by atoms with Gasteiger partial charge in [-0.05, 0) is 12.1 Å². The molecule has 0 saturated carbocycles. The predicted octanol–water partition coefficient (Wildman–Crippen LogP) is 1.27. The Bertz CT molecular complexity index is 437. The van der Waals surface area contributed by atoms with Crippen molar-refractivity contribution < 1.29 is 4.79 Å². The Labute approximate surface area is 93.4 Å². The third kappa shape index (κ3) is 2.63. The van der Waals surface area contributed by atoms with Gasteiger partial charge in [0.15, 0.2) is 0 Å². The predicted molar refractivity (Wildman–Crippen MR) is 61.7 cm³/mol. The van der Waals surface area contributed by atoms with E-state index < -0.39 is 0 Å². The van der Waals surface area contributed by atoms with Crippen LogP contribution in [0.2, 0.25) is 0 Å². The number of nitrogens with one attached hydrogen (secondary N) is 1. The molecule has 80 valence electrons. The van der Waals surface area contributed by atoms with E-state index in [1.807, 2.05) is 42.5 Å². The van der Waals surface area contributed by atoms with Gasteiger partial charge in [0.1, 0.15) is 0 Å². The molecule has 4 heteroatoms. The lowest BCUT2D eigenvalue weighted by Gasteiger charge is -2.01. The van der Waals surface area contributed by atoms with Crippen LogP contribution in [-0.2, 0) is 4.79 Å². The SMILES string of the molecule is O=C(N/N=C/c1ccccn1)C1C=CC=C1. The van der Waals surface area contributed by atoms with Crippen molar-refractivity contribution in [2.75, 3.05) is 0 Å². The van der Waals surface area contributed by atoms with Gasteiger partial charge in [0.25, 0.3) is 5.91 Å². The normalized spacial score (nSPS) is 14.8. The lowest BCUT2D eigenvalue weighted by molar-refractivity contribution is -0.122. The minimum atomic E-state index is -0.208. The summed E-state index contributed by atoms with van der Waals surface area (Å²) >= 11 is 0. The van der Waals surface area contributed by atoms with Gasteiger partial charge in [0, 0.05) is 6.20 Å². The van der Waals surface area contributed by atoms with E-state index in [4.69, 9.17) is 0 Å². The van der Waals surface area contributed by atoms with Crippen LogP contribution in [0.5, 0.6) is 0 Å². The fourth-order valence-corrected chi connectivity index (χ4v) is 1.30. The standard InChI is InChI=1S/C12H11N3O/c16-12(10-5-1-2-6-10)15-14-9-11-7-3-4-8-13-11/h1-10H,(H,15,16)/b14-9+. The van der Waals surface area contributed by atoms with Gasteiger partial charge in [-0.3, -0.25) is 9.78 Å². The average molecular weight is 213 g/mol. The molecule has 0 unspecified atom stereocenters. The summed E-state index contributed by atoms with van der Waals surface area (Å²) in [5.74, 6) is -0.349. The van der Waals surface area contributed by atoms with E-state index in [0.29, 0.717) is 5.69 Å². The van der Waals surface area contributed by atoms with Crippen LogP contribution >= 0.6 is 0 Å². The summed E-state index contributed by atoms with van der Waals surface area (Å²) < 4.78 is 0. The highest BCUT2D eigenvalue weighted by atomic mass is 16.2. The van der Waals surface area contributed by atoms with Crippen molar-refractivity contribution >= 4 is 12.1 Å². The molecule has 1 heterocycles. The molecular formula is C12H11N3O. The molecule has 0 atom stereocenters. The molecular weight excluding hydrogens is 202 g/mol. The number of carbonyl (C=O) groups excluding carboxylic acids is 1. The van der Waals surface area contributed by atoms with Crippen LogP contribution in [0.1, 0.15) is 5.69 Å². The number of amides is 1. The number of hydrazone groups is 1. The van der Waals surface area contributed by atoms with Crippen LogP contribution in [0.4, 0.5) is 0 Å². The first-order valence-electron chi connectivity index (χ1n) is 4.95. The quantitative estimate of drug-likeness (QED) is 0.607. The Kier molecular flexibility index (Phi) is 3.23. The number of allylic oxidation sites excluding steroid dienone is 2. The van der Waals surface area contributed by atoms with E-state index in [9.17, 15) is 4.79 Å². The first kappa shape index (κ1) is 10.3. The molecule has 0 aliphatic heterocycles. The third-order valence-corrected chi connectivity index (χ3v) is 2.11. The minimum Gasteiger partial charge on any atom is -0.272 e. The fourth-order valence-electron chi connectivity index (χ4n) is 1.30. The van der Waals surface area contributed by atoms with Gasteiger partial charge in [0.2, 0.25) is 0 Å². The molecule has 2 rings (SSSR count). The van der Waals surface area contributed by atoms with Crippen molar-refractivity contribution in [1.29, 1.82) is 0 Å². The molecule has 16 heavy (non-hydrogen) atoms. The number of nitrogens with zero attached hydrogens (tertiary/aromatic N) is 2. The van der Waals surface area contributed by atoms with Gasteiger partial charge in [-0.2, -0.15) is 5.10 Å². The molecule has 0 fully saturated rings. The number of hydrogen-bond acceptors (Lipinski definition) is 3. The van der Waals surface area contributed by atoms with Crippen LogP contribution in [0.15, 0.2) is 53.8 Å². The first-order chi connectivity index (χ1) is 7.86. The second-order valence-corrected chi connectivity index (χ2v) is 3.28. The summed E-state index contributed by atoms with van der Waals surface area (Å²) in [7, 11) is 0. The number of hydrogen-bond donors (Lipinski definition) is 1. The summed E-state index contributed by atoms with van der Waals surface area (Å²) in [6.07, 6.45) is 10.5. The lowest BCUT2D eigenvalue weighted by atomic mass is 10.2. The molecule has 1 aliphatic rings. The monoisotopic (exact) mass is 213 g/mol. The maximum absolute atomic E-state index is 11.5. The van der Waals surface area contributed by atoms with E-state index >= 15 is 0 Å². The van der Waals surface area contributed by atoms with E-state index in [1.54, 1.807) is 6.20 Å². The van der Waals surface area contributed by atoms with Crippen molar-refractivity contribution in [3.05, 3.63) is 54.4 Å². The molecule has 4 nitrogen and oxygen atoms in total. The molecule has 1 aromatic rings. The summed E-state index contributed by atoms with van der Waals surface area (Å²) in [6.45, 7) is 0. The van der Waals surface area contributed by atoms with Gasteiger partial charge in [-0.25, -0.2) is 5.43 Å². The Balaban J connectivity index is 1.88. The van der Waals surface area contributed by atoms with Crippen LogP contribution in [0.25, 0.3) is 0 Å². The molecule has 0 saturated heterocycles. The number of carbonyl (C=O) groups is 1. The van der Waals surface area contributed by atoms with E-state index in [1.165, 1.54) is 6.21 Å². The molecule has 0 spiro atoms. The van der Waals surface area contributed by atoms with Gasteiger partial charge >= 0.3 is 0 Å². The largest absolute Gasteiger partial charge is 0.272 e. The molecule has 0 aromatic carbocycles. The number of pyridine rings is 1. The highest BCUT2D eigenvalue weighted by Gasteiger charge is 2.12. The van der Waals surface area contributed by atoms with Crippen molar-refractivity contribution in [1.82, 2.24) is 10.4 Å². The molecule has 0 radical (unpaired) electrons. The summed E-state index contributed by atoms with van der Waals surface area (Å²) in [5, 5.41) is 3.83. The Hall–Kier alpha value is -2.23.